The molecule has 0 fully saturated rings. The monoisotopic (exact) mass is 402 g/mol. The second-order valence-corrected chi connectivity index (χ2v) is 7.42. The fourth-order valence-electron chi connectivity index (χ4n) is 2.78. The standard InChI is InChI=1S/C19H19ClN4O2S/c1-4-17-21-19(23-22-17)27-16(18(25)26)10-13-9-11(2)24(12(13)3)15-7-5-14(20)6-8-15/h5-10H,4H2,1-3H3,(H,25,26)(H,21,22,23)/b16-10-. The van der Waals surface area contributed by atoms with Gasteiger partial charge in [-0.05, 0) is 67.6 Å². The van der Waals surface area contributed by atoms with Gasteiger partial charge in [0.15, 0.2) is 0 Å². The molecule has 0 saturated heterocycles. The van der Waals surface area contributed by atoms with Crippen molar-refractivity contribution in [2.24, 2.45) is 0 Å². The Morgan fingerprint density at radius 2 is 2.04 bits per heavy atom. The molecule has 0 aliphatic heterocycles. The molecule has 0 bridgehead atoms. The lowest BCUT2D eigenvalue weighted by molar-refractivity contribution is -0.131. The van der Waals surface area contributed by atoms with Crippen LogP contribution in [-0.2, 0) is 11.2 Å². The molecule has 1 aromatic carbocycles. The van der Waals surface area contributed by atoms with Crippen LogP contribution in [0.15, 0.2) is 40.4 Å². The number of halogens is 1. The quantitative estimate of drug-likeness (QED) is 0.463. The summed E-state index contributed by atoms with van der Waals surface area (Å²) in [6, 6.07) is 9.49. The molecule has 2 heterocycles. The maximum atomic E-state index is 11.7. The van der Waals surface area contributed by atoms with Crippen LogP contribution < -0.4 is 0 Å². The number of benzene rings is 1. The molecule has 0 atom stereocenters. The Balaban J connectivity index is 1.97. The molecule has 27 heavy (non-hydrogen) atoms. The maximum Gasteiger partial charge on any atom is 0.342 e. The predicted molar refractivity (Wildman–Crippen MR) is 107 cm³/mol. The van der Waals surface area contributed by atoms with Crippen LogP contribution in [0.5, 0.6) is 0 Å². The second kappa shape index (κ2) is 8.02. The lowest BCUT2D eigenvalue weighted by Gasteiger charge is -2.09. The highest BCUT2D eigenvalue weighted by molar-refractivity contribution is 8.04. The van der Waals surface area contributed by atoms with Crippen molar-refractivity contribution >= 4 is 35.4 Å². The van der Waals surface area contributed by atoms with Crippen molar-refractivity contribution in [3.63, 3.8) is 0 Å². The van der Waals surface area contributed by atoms with Gasteiger partial charge < -0.3 is 9.67 Å². The van der Waals surface area contributed by atoms with Gasteiger partial charge in [0.05, 0.1) is 0 Å². The zero-order valence-electron chi connectivity index (χ0n) is 15.2. The van der Waals surface area contributed by atoms with E-state index in [2.05, 4.69) is 19.7 Å². The lowest BCUT2D eigenvalue weighted by atomic mass is 10.2. The first kappa shape index (κ1) is 19.3. The molecule has 3 rings (SSSR count). The van der Waals surface area contributed by atoms with E-state index in [1.54, 1.807) is 6.08 Å². The van der Waals surface area contributed by atoms with Gasteiger partial charge in [0.25, 0.3) is 0 Å². The van der Waals surface area contributed by atoms with Crippen LogP contribution in [0.4, 0.5) is 0 Å². The summed E-state index contributed by atoms with van der Waals surface area (Å²) in [6.07, 6.45) is 2.37. The fourth-order valence-corrected chi connectivity index (χ4v) is 3.62. The van der Waals surface area contributed by atoms with E-state index in [4.69, 9.17) is 11.6 Å². The van der Waals surface area contributed by atoms with Crippen LogP contribution >= 0.6 is 23.4 Å². The first-order chi connectivity index (χ1) is 12.9. The number of aliphatic carboxylic acids is 1. The predicted octanol–water partition coefficient (Wildman–Crippen LogP) is 4.65. The number of aromatic amines is 1. The Labute approximate surface area is 166 Å². The molecular weight excluding hydrogens is 384 g/mol. The Morgan fingerprint density at radius 1 is 1.33 bits per heavy atom. The van der Waals surface area contributed by atoms with Crippen LogP contribution in [0.2, 0.25) is 5.02 Å². The van der Waals surface area contributed by atoms with E-state index in [1.807, 2.05) is 51.1 Å². The molecule has 0 spiro atoms. The number of carbonyl (C=O) groups is 1. The van der Waals surface area contributed by atoms with Gasteiger partial charge in [0.1, 0.15) is 10.7 Å². The summed E-state index contributed by atoms with van der Waals surface area (Å²) in [4.78, 5) is 16.1. The zero-order chi connectivity index (χ0) is 19.6. The molecule has 140 valence electrons. The largest absolute Gasteiger partial charge is 0.477 e. The van der Waals surface area contributed by atoms with Gasteiger partial charge in [0, 0.05) is 28.5 Å². The average molecular weight is 403 g/mol. The minimum atomic E-state index is -1.01. The van der Waals surface area contributed by atoms with Crippen molar-refractivity contribution in [3.05, 3.63) is 63.0 Å². The second-order valence-electron chi connectivity index (χ2n) is 5.97. The third-order valence-electron chi connectivity index (χ3n) is 4.10. The third-order valence-corrected chi connectivity index (χ3v) is 5.23. The number of H-pyrrole nitrogens is 1. The molecular formula is C19H19ClN4O2S. The van der Waals surface area contributed by atoms with Crippen molar-refractivity contribution in [3.8, 4) is 5.69 Å². The van der Waals surface area contributed by atoms with E-state index >= 15 is 0 Å². The maximum absolute atomic E-state index is 11.7. The normalized spacial score (nSPS) is 11.8. The Morgan fingerprint density at radius 3 is 2.63 bits per heavy atom. The molecule has 0 saturated carbocycles. The number of carboxylic acids is 1. The molecule has 0 aliphatic rings. The van der Waals surface area contributed by atoms with E-state index in [9.17, 15) is 9.90 Å². The Kier molecular flexibility index (Phi) is 5.72. The molecule has 0 unspecified atom stereocenters. The molecule has 6 nitrogen and oxygen atoms in total. The van der Waals surface area contributed by atoms with Crippen LogP contribution in [0.1, 0.15) is 29.7 Å². The molecule has 2 aromatic heterocycles. The lowest BCUT2D eigenvalue weighted by Crippen LogP contribution is -2.00. The SMILES string of the molecule is CCc1nc(S/C(=C\c2cc(C)n(-c3ccc(Cl)cc3)c2C)C(=O)O)n[nH]1. The van der Waals surface area contributed by atoms with Crippen LogP contribution in [0.25, 0.3) is 11.8 Å². The summed E-state index contributed by atoms with van der Waals surface area (Å²) in [5.41, 5.74) is 3.75. The van der Waals surface area contributed by atoms with E-state index in [0.717, 1.165) is 40.2 Å². The summed E-state index contributed by atoms with van der Waals surface area (Å²) in [5.74, 6) is -0.290. The first-order valence-corrected chi connectivity index (χ1v) is 9.57. The number of hydrogen-bond acceptors (Lipinski definition) is 4. The molecule has 2 N–H and O–H groups in total. The van der Waals surface area contributed by atoms with Gasteiger partial charge >= 0.3 is 5.97 Å². The molecule has 0 aliphatic carbocycles. The number of nitrogens with zero attached hydrogens (tertiary/aromatic N) is 3. The van der Waals surface area contributed by atoms with Crippen molar-refractivity contribution in [1.29, 1.82) is 0 Å². The number of nitrogens with one attached hydrogen (secondary N) is 1. The smallest absolute Gasteiger partial charge is 0.342 e. The van der Waals surface area contributed by atoms with Gasteiger partial charge in [-0.25, -0.2) is 9.78 Å². The third kappa shape index (κ3) is 4.26. The van der Waals surface area contributed by atoms with Gasteiger partial charge in [-0.2, -0.15) is 0 Å². The average Bonchev–Trinajstić information content (AvgIpc) is 3.20. The van der Waals surface area contributed by atoms with Gasteiger partial charge in [-0.3, -0.25) is 5.10 Å². The Bertz CT molecular complexity index is 1010. The van der Waals surface area contributed by atoms with E-state index < -0.39 is 5.97 Å². The highest BCUT2D eigenvalue weighted by Gasteiger charge is 2.16. The molecule has 3 aromatic rings. The highest BCUT2D eigenvalue weighted by atomic mass is 35.5. The fraction of sp³-hybridized carbons (Fsp3) is 0.211. The van der Waals surface area contributed by atoms with Crippen LogP contribution in [0, 0.1) is 13.8 Å². The molecule has 8 heteroatoms. The highest BCUT2D eigenvalue weighted by Crippen LogP contribution is 2.29. The summed E-state index contributed by atoms with van der Waals surface area (Å²) < 4.78 is 2.06. The number of thioether (sulfide) groups is 1. The molecule has 0 amide bonds. The minimum absolute atomic E-state index is 0.160. The number of hydrogen-bond donors (Lipinski definition) is 2. The summed E-state index contributed by atoms with van der Waals surface area (Å²) in [6.45, 7) is 5.89. The van der Waals surface area contributed by atoms with E-state index in [-0.39, 0.29) is 4.91 Å². The number of carboxylic acid groups (broad SMARTS) is 1. The number of aromatic nitrogens is 4. The summed E-state index contributed by atoms with van der Waals surface area (Å²) in [7, 11) is 0. The topological polar surface area (TPSA) is 83.8 Å². The van der Waals surface area contributed by atoms with Crippen LogP contribution in [0.3, 0.4) is 0 Å². The van der Waals surface area contributed by atoms with Crippen molar-refractivity contribution in [2.45, 2.75) is 32.3 Å². The first-order valence-electron chi connectivity index (χ1n) is 8.38. The van der Waals surface area contributed by atoms with Gasteiger partial charge in [0.2, 0.25) is 5.16 Å². The van der Waals surface area contributed by atoms with Crippen LogP contribution in [-0.4, -0.2) is 30.8 Å². The summed E-state index contributed by atoms with van der Waals surface area (Å²) in [5, 5.41) is 17.5. The minimum Gasteiger partial charge on any atom is -0.477 e. The zero-order valence-corrected chi connectivity index (χ0v) is 16.7. The van der Waals surface area contributed by atoms with E-state index in [0.29, 0.717) is 16.6 Å². The Hall–Kier alpha value is -2.51. The molecule has 0 radical (unpaired) electrons. The van der Waals surface area contributed by atoms with Crippen molar-refractivity contribution in [2.75, 3.05) is 0 Å². The van der Waals surface area contributed by atoms with E-state index in [1.165, 1.54) is 0 Å². The van der Waals surface area contributed by atoms with Crippen molar-refractivity contribution in [1.82, 2.24) is 19.7 Å². The van der Waals surface area contributed by atoms with Gasteiger partial charge in [-0.1, -0.05) is 18.5 Å². The van der Waals surface area contributed by atoms with Crippen molar-refractivity contribution < 1.29 is 9.90 Å². The number of aryl methyl sites for hydroxylation is 2. The number of rotatable bonds is 6. The summed E-state index contributed by atoms with van der Waals surface area (Å²) >= 11 is 7.01. The van der Waals surface area contributed by atoms with Gasteiger partial charge in [-0.15, -0.1) is 5.10 Å².